The van der Waals surface area contributed by atoms with Crippen molar-refractivity contribution in [3.05, 3.63) is 41.5 Å². The van der Waals surface area contributed by atoms with Gasteiger partial charge in [0.05, 0.1) is 0 Å². The van der Waals surface area contributed by atoms with Gasteiger partial charge in [0.15, 0.2) is 0 Å². The number of fused-ring (bicyclic) bond motifs is 1. The van der Waals surface area contributed by atoms with E-state index in [0.29, 0.717) is 17.1 Å². The van der Waals surface area contributed by atoms with Gasteiger partial charge in [-0.1, -0.05) is 75.5 Å². The summed E-state index contributed by atoms with van der Waals surface area (Å²) in [6, 6.07) is 9.61. The largest absolute Gasteiger partial charge is 0.507 e. The van der Waals surface area contributed by atoms with Crippen molar-refractivity contribution in [1.82, 2.24) is 7.42 Å². The SMILES string of the molecule is CCSN(SCC)C(=O)SCc1cc(CSC(=O)N(SCC)SCC)c2ccccc2c1O. The van der Waals surface area contributed by atoms with E-state index in [1.165, 1.54) is 71.3 Å². The summed E-state index contributed by atoms with van der Waals surface area (Å²) in [5, 5.41) is 12.6. The molecule has 0 aliphatic rings. The molecule has 0 radical (unpaired) electrons. The minimum Gasteiger partial charge on any atom is -0.507 e. The Morgan fingerprint density at radius 2 is 1.15 bits per heavy atom. The third kappa shape index (κ3) is 8.61. The van der Waals surface area contributed by atoms with Crippen LogP contribution < -0.4 is 0 Å². The first-order valence-corrected chi connectivity index (χ1v) is 16.4. The number of phenolic OH excluding ortho intramolecular Hbond substituents is 1. The highest BCUT2D eigenvalue weighted by atomic mass is 32.2. The zero-order valence-electron chi connectivity index (χ0n) is 19.2. The number of phenols is 1. The van der Waals surface area contributed by atoms with Crippen molar-refractivity contribution < 1.29 is 14.7 Å². The molecule has 0 atom stereocenters. The van der Waals surface area contributed by atoms with Crippen molar-refractivity contribution in [2.24, 2.45) is 0 Å². The van der Waals surface area contributed by atoms with E-state index in [4.69, 9.17) is 0 Å². The third-order valence-electron chi connectivity index (χ3n) is 4.17. The van der Waals surface area contributed by atoms with Crippen LogP contribution in [0.2, 0.25) is 0 Å². The van der Waals surface area contributed by atoms with Crippen LogP contribution in [0, 0.1) is 0 Å². The molecule has 2 amide bonds. The quantitative estimate of drug-likeness (QED) is 0.256. The smallest absolute Gasteiger partial charge is 0.302 e. The normalized spacial score (nSPS) is 11.0. The first-order chi connectivity index (χ1) is 16.0. The van der Waals surface area contributed by atoms with Crippen LogP contribution in [0.3, 0.4) is 0 Å². The number of benzene rings is 2. The number of thioether (sulfide) groups is 2. The summed E-state index contributed by atoms with van der Waals surface area (Å²) in [7, 11) is 0. The molecule has 2 aromatic rings. The maximum absolute atomic E-state index is 12.7. The van der Waals surface area contributed by atoms with Gasteiger partial charge < -0.3 is 5.11 Å². The molecule has 1 N–H and O–H groups in total. The molecule has 0 unspecified atom stereocenters. The minimum atomic E-state index is -0.0313. The lowest BCUT2D eigenvalue weighted by atomic mass is 10.0. The molecule has 2 rings (SSSR count). The average molecular weight is 563 g/mol. The van der Waals surface area contributed by atoms with Crippen LogP contribution >= 0.6 is 71.3 Å². The highest BCUT2D eigenvalue weighted by Gasteiger charge is 2.19. The van der Waals surface area contributed by atoms with Gasteiger partial charge in [-0.3, -0.25) is 9.59 Å². The van der Waals surface area contributed by atoms with E-state index < -0.39 is 0 Å². The van der Waals surface area contributed by atoms with E-state index in [-0.39, 0.29) is 16.2 Å². The zero-order valence-corrected chi connectivity index (χ0v) is 24.1. The van der Waals surface area contributed by atoms with Gasteiger partial charge in [-0.15, -0.1) is 0 Å². The highest BCUT2D eigenvalue weighted by Crippen LogP contribution is 2.38. The van der Waals surface area contributed by atoms with Crippen molar-refractivity contribution in [3.63, 3.8) is 0 Å². The zero-order chi connectivity index (χ0) is 24.2. The molecule has 5 nitrogen and oxygen atoms in total. The second kappa shape index (κ2) is 15.5. The number of nitrogens with zero attached hydrogens (tertiary/aromatic N) is 2. The van der Waals surface area contributed by atoms with E-state index in [0.717, 1.165) is 39.3 Å². The molecule has 2 aromatic carbocycles. The summed E-state index contributed by atoms with van der Waals surface area (Å²) in [5.74, 6) is 4.38. The molecule has 182 valence electrons. The van der Waals surface area contributed by atoms with Gasteiger partial charge in [-0.05, 0) is 64.8 Å². The summed E-state index contributed by atoms with van der Waals surface area (Å²) >= 11 is 8.46. The van der Waals surface area contributed by atoms with Crippen molar-refractivity contribution in [3.8, 4) is 5.75 Å². The molecule has 0 aliphatic heterocycles. The Labute approximate surface area is 222 Å². The molecule has 11 heteroatoms. The first kappa shape index (κ1) is 28.8. The Morgan fingerprint density at radius 3 is 1.61 bits per heavy atom. The number of carbonyl (C=O) groups is 2. The van der Waals surface area contributed by atoms with Crippen molar-refractivity contribution in [2.45, 2.75) is 39.2 Å². The van der Waals surface area contributed by atoms with Crippen LogP contribution in [0.4, 0.5) is 9.59 Å². The number of aromatic hydroxyl groups is 1. The van der Waals surface area contributed by atoms with Crippen molar-refractivity contribution in [1.29, 1.82) is 0 Å². The summed E-state index contributed by atoms with van der Waals surface area (Å²) in [4.78, 5) is 25.4. The lowest BCUT2D eigenvalue weighted by Crippen LogP contribution is -2.13. The van der Waals surface area contributed by atoms with Gasteiger partial charge in [-0.2, -0.15) is 0 Å². The Morgan fingerprint density at radius 1 is 0.727 bits per heavy atom. The lowest BCUT2D eigenvalue weighted by Gasteiger charge is -2.19. The number of hydrogen-bond donors (Lipinski definition) is 1. The van der Waals surface area contributed by atoms with Gasteiger partial charge >= 0.3 is 10.5 Å². The van der Waals surface area contributed by atoms with Crippen LogP contribution in [0.5, 0.6) is 5.75 Å². The van der Waals surface area contributed by atoms with Crippen molar-refractivity contribution >= 4 is 92.6 Å². The van der Waals surface area contributed by atoms with E-state index in [2.05, 4.69) is 0 Å². The summed E-state index contributed by atoms with van der Waals surface area (Å²) in [6.07, 6.45) is 0. The van der Waals surface area contributed by atoms with Crippen LogP contribution in [-0.4, -0.2) is 46.0 Å². The number of carbonyl (C=O) groups excluding carboxylic acids is 2. The fourth-order valence-electron chi connectivity index (χ4n) is 2.87. The number of hydrogen-bond acceptors (Lipinski definition) is 9. The molecule has 0 fully saturated rings. The predicted molar refractivity (Wildman–Crippen MR) is 155 cm³/mol. The van der Waals surface area contributed by atoms with E-state index in [9.17, 15) is 14.7 Å². The van der Waals surface area contributed by atoms with Crippen LogP contribution in [0.25, 0.3) is 10.8 Å². The van der Waals surface area contributed by atoms with Crippen LogP contribution in [-0.2, 0) is 11.5 Å². The standard InChI is InChI=1S/C22H30N2O3S6/c1-5-30-23(31-6-2)21(26)28-14-16-13-17(20(25)19-12-10-9-11-18(16)19)15-29-22(27)24(32-7-3)33-8-4/h9-13,25H,5-8,14-15H2,1-4H3. The van der Waals surface area contributed by atoms with Crippen LogP contribution in [0.15, 0.2) is 30.3 Å². The Hall–Kier alpha value is -0.460. The number of rotatable bonds is 12. The molecular weight excluding hydrogens is 533 g/mol. The van der Waals surface area contributed by atoms with E-state index >= 15 is 0 Å². The Kier molecular flexibility index (Phi) is 13.5. The molecule has 33 heavy (non-hydrogen) atoms. The maximum Gasteiger partial charge on any atom is 0.302 e. The third-order valence-corrected chi connectivity index (χ3v) is 10.3. The topological polar surface area (TPSA) is 60.9 Å². The maximum atomic E-state index is 12.7. The van der Waals surface area contributed by atoms with Gasteiger partial charge in [-0.25, -0.2) is 7.42 Å². The molecule has 0 saturated carbocycles. The van der Waals surface area contributed by atoms with Gasteiger partial charge in [0, 0.05) is 45.5 Å². The first-order valence-electron chi connectivity index (χ1n) is 10.6. The minimum absolute atomic E-state index is 0.0146. The monoisotopic (exact) mass is 562 g/mol. The molecule has 0 aliphatic carbocycles. The second-order valence-corrected chi connectivity index (χ2v) is 13.5. The fraction of sp³-hybridized carbons (Fsp3) is 0.455. The predicted octanol–water partition coefficient (Wildman–Crippen LogP) is 8.53. The molecule has 0 saturated heterocycles. The van der Waals surface area contributed by atoms with E-state index in [1.54, 1.807) is 7.42 Å². The summed E-state index contributed by atoms with van der Waals surface area (Å²) < 4.78 is 3.46. The molecular formula is C22H30N2O3S6. The molecule has 0 heterocycles. The van der Waals surface area contributed by atoms with Gasteiger partial charge in [0.25, 0.3) is 0 Å². The highest BCUT2D eigenvalue weighted by molar-refractivity contribution is 8.20. The van der Waals surface area contributed by atoms with Crippen molar-refractivity contribution in [2.75, 3.05) is 23.0 Å². The van der Waals surface area contributed by atoms with Gasteiger partial charge in [0.2, 0.25) is 0 Å². The summed E-state index contributed by atoms with van der Waals surface area (Å²) in [6.45, 7) is 8.10. The lowest BCUT2D eigenvalue weighted by molar-refractivity contribution is 0.258. The van der Waals surface area contributed by atoms with Gasteiger partial charge in [0.1, 0.15) is 5.75 Å². The molecule has 0 aromatic heterocycles. The van der Waals surface area contributed by atoms with E-state index in [1.807, 2.05) is 58.0 Å². The Balaban J connectivity index is 2.22. The number of amides is 2. The second-order valence-electron chi connectivity index (χ2n) is 6.38. The molecule has 0 spiro atoms. The summed E-state index contributed by atoms with van der Waals surface area (Å²) in [5.41, 5.74) is 1.69. The Bertz CT molecular complexity index is 918. The average Bonchev–Trinajstić information content (AvgIpc) is 2.82. The molecule has 0 bridgehead atoms. The van der Waals surface area contributed by atoms with Crippen LogP contribution in [0.1, 0.15) is 38.8 Å². The fourth-order valence-corrected chi connectivity index (χ4v) is 8.58.